The Morgan fingerprint density at radius 3 is 1.80 bits per heavy atom. The summed E-state index contributed by atoms with van der Waals surface area (Å²) in [4.78, 5) is 0. The third-order valence-electron chi connectivity index (χ3n) is 1.19. The van der Waals surface area contributed by atoms with E-state index < -0.39 is 24.8 Å². The highest BCUT2D eigenvalue weighted by Crippen LogP contribution is 2.44. The van der Waals surface area contributed by atoms with E-state index in [9.17, 15) is 22.0 Å². The van der Waals surface area contributed by atoms with Crippen LogP contribution in [0.5, 0.6) is 0 Å². The summed E-state index contributed by atoms with van der Waals surface area (Å²) in [5.41, 5.74) is 0. The van der Waals surface area contributed by atoms with E-state index in [1.54, 1.807) is 0 Å². The second-order valence-corrected chi connectivity index (χ2v) is 1.92. The maximum absolute atomic E-state index is 11.9. The fourth-order valence-electron chi connectivity index (χ4n) is 0.561. The van der Waals surface area contributed by atoms with Gasteiger partial charge in [0.25, 0.3) is 0 Å². The SMILES string of the molecule is FC1COC(F)(F)C1(F)F. The van der Waals surface area contributed by atoms with Crippen molar-refractivity contribution < 1.29 is 26.7 Å². The monoisotopic (exact) mass is 162 g/mol. The van der Waals surface area contributed by atoms with E-state index in [-0.39, 0.29) is 0 Å². The zero-order chi connectivity index (χ0) is 7.99. The molecule has 1 unspecified atom stereocenters. The smallest absolute Gasteiger partial charge is 0.312 e. The Hall–Kier alpha value is -0.390. The average molecular weight is 162 g/mol. The molecule has 1 saturated heterocycles. The molecule has 0 spiro atoms. The summed E-state index contributed by atoms with van der Waals surface area (Å²) in [5.74, 6) is -4.67. The van der Waals surface area contributed by atoms with Crippen LogP contribution in [0.15, 0.2) is 0 Å². The first-order chi connectivity index (χ1) is 4.38. The summed E-state index contributed by atoms with van der Waals surface area (Å²) in [6, 6.07) is 0. The quantitative estimate of drug-likeness (QED) is 0.491. The summed E-state index contributed by atoms with van der Waals surface area (Å²) >= 11 is 0. The summed E-state index contributed by atoms with van der Waals surface area (Å²) < 4.78 is 62.3. The first kappa shape index (κ1) is 7.71. The molecule has 0 aliphatic carbocycles. The maximum Gasteiger partial charge on any atom is 0.422 e. The zero-order valence-corrected chi connectivity index (χ0v) is 4.58. The Balaban J connectivity index is 2.84. The molecule has 0 aromatic heterocycles. The molecule has 0 aromatic carbocycles. The van der Waals surface area contributed by atoms with Crippen molar-refractivity contribution in [1.82, 2.24) is 0 Å². The average Bonchev–Trinajstić information content (AvgIpc) is 1.94. The van der Waals surface area contributed by atoms with Crippen molar-refractivity contribution in [2.45, 2.75) is 18.2 Å². The van der Waals surface area contributed by atoms with Gasteiger partial charge in [0.1, 0.15) is 0 Å². The van der Waals surface area contributed by atoms with Crippen LogP contribution < -0.4 is 0 Å². The number of alkyl halides is 5. The highest BCUT2D eigenvalue weighted by molar-refractivity contribution is 4.90. The number of hydrogen-bond donors (Lipinski definition) is 0. The largest absolute Gasteiger partial charge is 0.422 e. The Morgan fingerprint density at radius 1 is 1.20 bits per heavy atom. The van der Waals surface area contributed by atoms with Crippen LogP contribution >= 0.6 is 0 Å². The van der Waals surface area contributed by atoms with Crippen LogP contribution in [0.1, 0.15) is 0 Å². The molecule has 1 fully saturated rings. The Labute approximate surface area is 52.8 Å². The topological polar surface area (TPSA) is 9.23 Å². The molecule has 1 aliphatic heterocycles. The van der Waals surface area contributed by atoms with Crippen molar-refractivity contribution in [3.05, 3.63) is 0 Å². The summed E-state index contributed by atoms with van der Waals surface area (Å²) in [6.45, 7) is -1.25. The highest BCUT2D eigenvalue weighted by atomic mass is 19.3. The molecule has 1 atom stereocenters. The third-order valence-corrected chi connectivity index (χ3v) is 1.19. The fourth-order valence-corrected chi connectivity index (χ4v) is 0.561. The van der Waals surface area contributed by atoms with Gasteiger partial charge in [-0.25, -0.2) is 4.39 Å². The van der Waals surface area contributed by atoms with Crippen molar-refractivity contribution in [2.24, 2.45) is 0 Å². The van der Waals surface area contributed by atoms with Gasteiger partial charge < -0.3 is 4.74 Å². The molecular weight excluding hydrogens is 159 g/mol. The molecule has 0 bridgehead atoms. The number of ether oxygens (including phenoxy) is 1. The third kappa shape index (κ3) is 0.783. The molecule has 0 radical (unpaired) electrons. The van der Waals surface area contributed by atoms with Crippen LogP contribution in [-0.4, -0.2) is 24.8 Å². The predicted molar refractivity (Wildman–Crippen MR) is 20.7 cm³/mol. The van der Waals surface area contributed by atoms with Crippen molar-refractivity contribution in [1.29, 1.82) is 0 Å². The van der Waals surface area contributed by atoms with Gasteiger partial charge in [-0.2, -0.15) is 17.6 Å². The predicted octanol–water partition coefficient (Wildman–Crippen LogP) is 1.58. The molecule has 1 aliphatic rings. The lowest BCUT2D eigenvalue weighted by atomic mass is 10.2. The fraction of sp³-hybridized carbons (Fsp3) is 1.00. The molecule has 1 rings (SSSR count). The summed E-state index contributed by atoms with van der Waals surface area (Å²) in [5, 5.41) is 0. The molecule has 6 heteroatoms. The first-order valence-corrected chi connectivity index (χ1v) is 2.41. The lowest BCUT2D eigenvalue weighted by molar-refractivity contribution is -0.307. The van der Waals surface area contributed by atoms with Crippen molar-refractivity contribution in [3.8, 4) is 0 Å². The number of rotatable bonds is 0. The van der Waals surface area contributed by atoms with Crippen molar-refractivity contribution in [3.63, 3.8) is 0 Å². The van der Waals surface area contributed by atoms with E-state index >= 15 is 0 Å². The highest BCUT2D eigenvalue weighted by Gasteiger charge is 2.68. The lowest BCUT2D eigenvalue weighted by Crippen LogP contribution is -2.41. The van der Waals surface area contributed by atoms with E-state index in [1.165, 1.54) is 0 Å². The molecule has 60 valence electrons. The molecule has 0 saturated carbocycles. The maximum atomic E-state index is 11.9. The van der Waals surface area contributed by atoms with E-state index in [4.69, 9.17) is 0 Å². The van der Waals surface area contributed by atoms with Crippen LogP contribution in [0.3, 0.4) is 0 Å². The van der Waals surface area contributed by atoms with Crippen LogP contribution in [0.2, 0.25) is 0 Å². The Bertz CT molecular complexity index is 145. The van der Waals surface area contributed by atoms with Crippen LogP contribution in [0.4, 0.5) is 22.0 Å². The minimum absolute atomic E-state index is 1.25. The van der Waals surface area contributed by atoms with Gasteiger partial charge in [-0.05, 0) is 0 Å². The second-order valence-electron chi connectivity index (χ2n) is 1.92. The zero-order valence-electron chi connectivity index (χ0n) is 4.58. The van der Waals surface area contributed by atoms with Crippen LogP contribution in [0.25, 0.3) is 0 Å². The normalized spacial score (nSPS) is 36.3. The Morgan fingerprint density at radius 2 is 1.70 bits per heavy atom. The van der Waals surface area contributed by atoms with Gasteiger partial charge in [-0.1, -0.05) is 0 Å². The summed E-state index contributed by atoms with van der Waals surface area (Å²) in [6.07, 6.45) is -7.55. The number of hydrogen-bond acceptors (Lipinski definition) is 1. The van der Waals surface area contributed by atoms with Gasteiger partial charge in [0.15, 0.2) is 6.17 Å². The minimum Gasteiger partial charge on any atom is -0.312 e. The standard InChI is InChI=1S/C4H3F5O/c5-2-1-10-4(8,9)3(2,6)7/h2H,1H2. The minimum atomic E-state index is -4.67. The van der Waals surface area contributed by atoms with Gasteiger partial charge in [-0.3, -0.25) is 0 Å². The summed E-state index contributed by atoms with van der Waals surface area (Å²) in [7, 11) is 0. The van der Waals surface area contributed by atoms with E-state index in [0.717, 1.165) is 0 Å². The lowest BCUT2D eigenvalue weighted by Gasteiger charge is -2.16. The van der Waals surface area contributed by atoms with Crippen molar-refractivity contribution >= 4 is 0 Å². The van der Waals surface area contributed by atoms with E-state index in [0.29, 0.717) is 0 Å². The van der Waals surface area contributed by atoms with Crippen molar-refractivity contribution in [2.75, 3.05) is 6.61 Å². The van der Waals surface area contributed by atoms with Gasteiger partial charge in [0, 0.05) is 0 Å². The van der Waals surface area contributed by atoms with Crippen LogP contribution in [0, 0.1) is 0 Å². The van der Waals surface area contributed by atoms with Gasteiger partial charge in [0.05, 0.1) is 6.61 Å². The van der Waals surface area contributed by atoms with E-state index in [1.807, 2.05) is 0 Å². The molecule has 0 amide bonds. The van der Waals surface area contributed by atoms with Gasteiger partial charge in [0.2, 0.25) is 0 Å². The first-order valence-electron chi connectivity index (χ1n) is 2.41. The molecule has 1 heterocycles. The molecule has 0 N–H and O–H groups in total. The Kier molecular flexibility index (Phi) is 1.39. The van der Waals surface area contributed by atoms with Gasteiger partial charge >= 0.3 is 12.0 Å². The molecular formula is C4H3F5O. The molecule has 0 aromatic rings. The molecule has 1 nitrogen and oxygen atoms in total. The van der Waals surface area contributed by atoms with Crippen LogP contribution in [-0.2, 0) is 4.74 Å². The van der Waals surface area contributed by atoms with Gasteiger partial charge in [-0.15, -0.1) is 0 Å². The molecule has 10 heavy (non-hydrogen) atoms. The second kappa shape index (κ2) is 1.81. The van der Waals surface area contributed by atoms with E-state index in [2.05, 4.69) is 4.74 Å². The number of halogens is 5.